The molecule has 2 aromatic rings. The molecule has 2 amide bonds. The van der Waals surface area contributed by atoms with Gasteiger partial charge in [0.25, 0.3) is 0 Å². The average Bonchev–Trinajstić information content (AvgIpc) is 2.85. The molecule has 1 heterocycles. The van der Waals surface area contributed by atoms with Crippen LogP contribution in [-0.2, 0) is 16.4 Å². The lowest BCUT2D eigenvalue weighted by molar-refractivity contribution is 0.220. The van der Waals surface area contributed by atoms with E-state index < -0.39 is 9.84 Å². The summed E-state index contributed by atoms with van der Waals surface area (Å²) in [5.74, 6) is 0.763. The number of hydrogen-bond acceptors (Lipinski definition) is 4. The van der Waals surface area contributed by atoms with E-state index in [1.807, 2.05) is 13.0 Å². The minimum atomic E-state index is -3.34. The SMILES string of the molecule is Cc1ccc(NC(=O)N(C)Cc2ccoc2C)cc1S(C)(=O)=O. The van der Waals surface area contributed by atoms with E-state index in [-0.39, 0.29) is 10.9 Å². The van der Waals surface area contributed by atoms with Crippen LogP contribution < -0.4 is 5.32 Å². The van der Waals surface area contributed by atoms with Crippen molar-refractivity contribution in [1.82, 2.24) is 4.90 Å². The van der Waals surface area contributed by atoms with Crippen molar-refractivity contribution in [3.05, 3.63) is 47.4 Å². The molecule has 1 aromatic carbocycles. The van der Waals surface area contributed by atoms with Crippen molar-refractivity contribution >= 4 is 21.6 Å². The van der Waals surface area contributed by atoms with Crippen LogP contribution in [0.1, 0.15) is 16.9 Å². The molecule has 0 aliphatic rings. The Hall–Kier alpha value is -2.28. The van der Waals surface area contributed by atoms with Gasteiger partial charge in [-0.1, -0.05) is 6.07 Å². The summed E-state index contributed by atoms with van der Waals surface area (Å²) in [7, 11) is -1.68. The number of amides is 2. The Morgan fingerprint density at radius 1 is 1.26 bits per heavy atom. The second kappa shape index (κ2) is 6.45. The van der Waals surface area contributed by atoms with Gasteiger partial charge in [-0.25, -0.2) is 13.2 Å². The number of rotatable bonds is 4. The van der Waals surface area contributed by atoms with Gasteiger partial charge in [0, 0.05) is 24.6 Å². The number of benzene rings is 1. The smallest absolute Gasteiger partial charge is 0.321 e. The van der Waals surface area contributed by atoms with Gasteiger partial charge in [-0.2, -0.15) is 0 Å². The molecule has 0 saturated heterocycles. The van der Waals surface area contributed by atoms with Crippen molar-refractivity contribution in [2.45, 2.75) is 25.3 Å². The summed E-state index contributed by atoms with van der Waals surface area (Å²) in [6.07, 6.45) is 2.73. The Labute approximate surface area is 136 Å². The van der Waals surface area contributed by atoms with E-state index in [0.29, 0.717) is 17.8 Å². The molecule has 0 saturated carbocycles. The maximum atomic E-state index is 12.2. The first-order valence-electron chi connectivity index (χ1n) is 7.04. The van der Waals surface area contributed by atoms with E-state index in [1.165, 1.54) is 11.0 Å². The van der Waals surface area contributed by atoms with E-state index in [0.717, 1.165) is 17.6 Å². The van der Waals surface area contributed by atoms with Gasteiger partial charge >= 0.3 is 6.03 Å². The lowest BCUT2D eigenvalue weighted by Crippen LogP contribution is -2.31. The number of hydrogen-bond donors (Lipinski definition) is 1. The lowest BCUT2D eigenvalue weighted by Gasteiger charge is -2.18. The van der Waals surface area contributed by atoms with Crippen LogP contribution in [0.4, 0.5) is 10.5 Å². The second-order valence-electron chi connectivity index (χ2n) is 5.54. The fourth-order valence-electron chi connectivity index (χ4n) is 2.20. The van der Waals surface area contributed by atoms with Gasteiger partial charge in [-0.15, -0.1) is 0 Å². The molecule has 0 spiro atoms. The van der Waals surface area contributed by atoms with Gasteiger partial charge < -0.3 is 14.6 Å². The van der Waals surface area contributed by atoms with Crippen LogP contribution in [0, 0.1) is 13.8 Å². The third-order valence-electron chi connectivity index (χ3n) is 3.56. The lowest BCUT2D eigenvalue weighted by atomic mass is 10.2. The number of carbonyl (C=O) groups is 1. The summed E-state index contributed by atoms with van der Waals surface area (Å²) in [5.41, 5.74) is 2.01. The molecule has 23 heavy (non-hydrogen) atoms. The third kappa shape index (κ3) is 4.13. The molecule has 0 fully saturated rings. The van der Waals surface area contributed by atoms with Gasteiger partial charge in [0.1, 0.15) is 5.76 Å². The summed E-state index contributed by atoms with van der Waals surface area (Å²) >= 11 is 0. The maximum Gasteiger partial charge on any atom is 0.321 e. The summed E-state index contributed by atoms with van der Waals surface area (Å²) in [5, 5.41) is 2.71. The van der Waals surface area contributed by atoms with E-state index in [9.17, 15) is 13.2 Å². The average molecular weight is 336 g/mol. The van der Waals surface area contributed by atoms with Crippen molar-refractivity contribution < 1.29 is 17.6 Å². The van der Waals surface area contributed by atoms with Crippen LogP contribution in [0.3, 0.4) is 0 Å². The van der Waals surface area contributed by atoms with Crippen molar-refractivity contribution in [3.63, 3.8) is 0 Å². The standard InChI is InChI=1S/C16H20N2O4S/c1-11-5-6-14(9-15(11)23(4,20)21)17-16(19)18(3)10-13-7-8-22-12(13)2/h5-9H,10H2,1-4H3,(H,17,19). The summed E-state index contributed by atoms with van der Waals surface area (Å²) < 4.78 is 28.7. The molecule has 0 unspecified atom stereocenters. The van der Waals surface area contributed by atoms with E-state index in [1.54, 1.807) is 32.4 Å². The summed E-state index contributed by atoms with van der Waals surface area (Å²) in [6, 6.07) is 6.31. The normalized spacial score (nSPS) is 11.3. The second-order valence-corrected chi connectivity index (χ2v) is 7.52. The zero-order valence-corrected chi connectivity index (χ0v) is 14.4. The van der Waals surface area contributed by atoms with E-state index >= 15 is 0 Å². The highest BCUT2D eigenvalue weighted by Crippen LogP contribution is 2.20. The highest BCUT2D eigenvalue weighted by atomic mass is 32.2. The topological polar surface area (TPSA) is 79.6 Å². The molecule has 0 radical (unpaired) electrons. The molecule has 124 valence electrons. The predicted octanol–water partition coefficient (Wildman–Crippen LogP) is 2.96. The number of anilines is 1. The highest BCUT2D eigenvalue weighted by molar-refractivity contribution is 7.90. The van der Waals surface area contributed by atoms with Crippen LogP contribution >= 0.6 is 0 Å². The van der Waals surface area contributed by atoms with E-state index in [2.05, 4.69) is 5.32 Å². The first-order valence-corrected chi connectivity index (χ1v) is 8.93. The monoisotopic (exact) mass is 336 g/mol. The fraction of sp³-hybridized carbons (Fsp3) is 0.312. The minimum Gasteiger partial charge on any atom is -0.469 e. The van der Waals surface area contributed by atoms with Crippen molar-refractivity contribution in [2.24, 2.45) is 0 Å². The Morgan fingerprint density at radius 2 is 1.96 bits per heavy atom. The van der Waals surface area contributed by atoms with Gasteiger partial charge in [-0.3, -0.25) is 0 Å². The maximum absolute atomic E-state index is 12.2. The largest absolute Gasteiger partial charge is 0.469 e. The van der Waals surface area contributed by atoms with Crippen LogP contribution in [-0.4, -0.2) is 32.7 Å². The van der Waals surface area contributed by atoms with Crippen molar-refractivity contribution in [2.75, 3.05) is 18.6 Å². The van der Waals surface area contributed by atoms with Crippen molar-refractivity contribution in [1.29, 1.82) is 0 Å². The molecule has 0 aliphatic heterocycles. The molecular weight excluding hydrogens is 316 g/mol. The van der Waals surface area contributed by atoms with Gasteiger partial charge in [0.05, 0.1) is 17.7 Å². The number of nitrogens with zero attached hydrogens (tertiary/aromatic N) is 1. The Morgan fingerprint density at radius 3 is 2.52 bits per heavy atom. The summed E-state index contributed by atoms with van der Waals surface area (Å²) in [6.45, 7) is 3.95. The highest BCUT2D eigenvalue weighted by Gasteiger charge is 2.15. The summed E-state index contributed by atoms with van der Waals surface area (Å²) in [4.78, 5) is 13.9. The number of furan rings is 1. The molecule has 7 heteroatoms. The number of carbonyl (C=O) groups excluding carboxylic acids is 1. The molecule has 0 atom stereocenters. The molecule has 6 nitrogen and oxygen atoms in total. The Bertz CT molecular complexity index is 824. The van der Waals surface area contributed by atoms with Gasteiger partial charge in [-0.05, 0) is 37.6 Å². The van der Waals surface area contributed by atoms with Crippen LogP contribution in [0.5, 0.6) is 0 Å². The Kier molecular flexibility index (Phi) is 4.79. The molecule has 0 bridgehead atoms. The fourth-order valence-corrected chi connectivity index (χ4v) is 3.19. The Balaban J connectivity index is 2.12. The van der Waals surface area contributed by atoms with E-state index in [4.69, 9.17) is 4.42 Å². The molecule has 2 rings (SSSR count). The minimum absolute atomic E-state index is 0.212. The number of sulfone groups is 1. The zero-order chi connectivity index (χ0) is 17.2. The molecule has 0 aliphatic carbocycles. The third-order valence-corrected chi connectivity index (χ3v) is 4.80. The van der Waals surface area contributed by atoms with Crippen LogP contribution in [0.25, 0.3) is 0 Å². The molecule has 1 N–H and O–H groups in total. The van der Waals surface area contributed by atoms with Gasteiger partial charge in [0.2, 0.25) is 0 Å². The predicted molar refractivity (Wildman–Crippen MR) is 88.2 cm³/mol. The quantitative estimate of drug-likeness (QED) is 0.931. The first kappa shape index (κ1) is 17.1. The zero-order valence-electron chi connectivity index (χ0n) is 13.6. The number of nitrogens with one attached hydrogen (secondary N) is 1. The first-order chi connectivity index (χ1) is 10.7. The van der Waals surface area contributed by atoms with Crippen LogP contribution in [0.15, 0.2) is 39.8 Å². The molecular formula is C16H20N2O4S. The van der Waals surface area contributed by atoms with Crippen LogP contribution in [0.2, 0.25) is 0 Å². The van der Waals surface area contributed by atoms with Gasteiger partial charge in [0.15, 0.2) is 9.84 Å². The van der Waals surface area contributed by atoms with Crippen molar-refractivity contribution in [3.8, 4) is 0 Å². The number of urea groups is 1. The molecule has 1 aromatic heterocycles. The number of aryl methyl sites for hydroxylation is 2.